The lowest BCUT2D eigenvalue weighted by Crippen LogP contribution is -2.16. The molecule has 0 aliphatic carbocycles. The van der Waals surface area contributed by atoms with Gasteiger partial charge in [0.1, 0.15) is 5.75 Å². The van der Waals surface area contributed by atoms with Crippen molar-refractivity contribution in [3.8, 4) is 5.75 Å². The highest BCUT2D eigenvalue weighted by Gasteiger charge is 2.22. The molecule has 0 bridgehead atoms. The van der Waals surface area contributed by atoms with Crippen molar-refractivity contribution in [3.63, 3.8) is 0 Å². The Kier molecular flexibility index (Phi) is 3.50. The Labute approximate surface area is 123 Å². The molecule has 6 nitrogen and oxygen atoms in total. The summed E-state index contributed by atoms with van der Waals surface area (Å²) >= 11 is 0. The molecule has 2 aromatic rings. The number of rotatable bonds is 3. The first-order valence-electron chi connectivity index (χ1n) is 6.63. The second-order valence-electron chi connectivity index (χ2n) is 4.95. The Morgan fingerprint density at radius 2 is 2.19 bits per heavy atom. The minimum atomic E-state index is -3.70. The molecular formula is C14H15N3O3S. The lowest BCUT2D eigenvalue weighted by Gasteiger charge is -2.23. The van der Waals surface area contributed by atoms with Crippen LogP contribution in [0.1, 0.15) is 24.8 Å². The fourth-order valence-electron chi connectivity index (χ4n) is 2.27. The summed E-state index contributed by atoms with van der Waals surface area (Å²) in [4.78, 5) is 0.154. The second kappa shape index (κ2) is 5.33. The van der Waals surface area contributed by atoms with Gasteiger partial charge in [0.15, 0.2) is 5.82 Å². The standard InChI is InChI=1S/C14H15N3O3S/c1-10-6-8-20-13-9-11(4-5-12(10)13)21(18,19)17-14-3-2-7-15-16-14/h2-5,7,9-10H,6,8H2,1H3,(H,16,17)/t10-/m0/s1. The minimum absolute atomic E-state index is 0.154. The van der Waals surface area contributed by atoms with Gasteiger partial charge in [0, 0.05) is 12.3 Å². The van der Waals surface area contributed by atoms with Crippen molar-refractivity contribution < 1.29 is 13.2 Å². The molecule has 1 aliphatic heterocycles. The zero-order chi connectivity index (χ0) is 14.9. The molecule has 110 valence electrons. The van der Waals surface area contributed by atoms with E-state index in [9.17, 15) is 8.42 Å². The number of anilines is 1. The van der Waals surface area contributed by atoms with E-state index in [0.717, 1.165) is 12.0 Å². The van der Waals surface area contributed by atoms with Gasteiger partial charge >= 0.3 is 0 Å². The quantitative estimate of drug-likeness (QED) is 0.939. The third-order valence-corrected chi connectivity index (χ3v) is 4.80. The zero-order valence-electron chi connectivity index (χ0n) is 11.5. The van der Waals surface area contributed by atoms with Gasteiger partial charge in [-0.05, 0) is 36.1 Å². The van der Waals surface area contributed by atoms with Gasteiger partial charge in [0.05, 0.1) is 11.5 Å². The van der Waals surface area contributed by atoms with Crippen molar-refractivity contribution in [1.29, 1.82) is 0 Å². The minimum Gasteiger partial charge on any atom is -0.493 e. The Morgan fingerprint density at radius 3 is 2.95 bits per heavy atom. The zero-order valence-corrected chi connectivity index (χ0v) is 12.3. The van der Waals surface area contributed by atoms with Gasteiger partial charge in [0.2, 0.25) is 0 Å². The number of fused-ring (bicyclic) bond motifs is 1. The van der Waals surface area contributed by atoms with Crippen LogP contribution in [0.25, 0.3) is 0 Å². The average molecular weight is 305 g/mol. The summed E-state index contributed by atoms with van der Waals surface area (Å²) in [7, 11) is -3.70. The van der Waals surface area contributed by atoms with Gasteiger partial charge < -0.3 is 4.74 Å². The number of benzene rings is 1. The van der Waals surface area contributed by atoms with Crippen LogP contribution >= 0.6 is 0 Å². The molecule has 0 saturated heterocycles. The maximum Gasteiger partial charge on any atom is 0.263 e. The van der Waals surface area contributed by atoms with E-state index >= 15 is 0 Å². The first-order chi connectivity index (χ1) is 10.1. The van der Waals surface area contributed by atoms with Crippen LogP contribution in [0.4, 0.5) is 5.82 Å². The number of aromatic nitrogens is 2. The number of sulfonamides is 1. The molecule has 1 aromatic carbocycles. The Hall–Kier alpha value is -2.15. The molecule has 1 atom stereocenters. The van der Waals surface area contributed by atoms with Crippen molar-refractivity contribution >= 4 is 15.8 Å². The van der Waals surface area contributed by atoms with Crippen molar-refractivity contribution in [2.45, 2.75) is 24.2 Å². The predicted octanol–water partition coefficient (Wildman–Crippen LogP) is 2.16. The average Bonchev–Trinajstić information content (AvgIpc) is 2.48. The third-order valence-electron chi connectivity index (χ3n) is 3.45. The van der Waals surface area contributed by atoms with Gasteiger partial charge in [-0.3, -0.25) is 4.72 Å². The lowest BCUT2D eigenvalue weighted by molar-refractivity contribution is 0.271. The molecule has 0 spiro atoms. The fraction of sp³-hybridized carbons (Fsp3) is 0.286. The van der Waals surface area contributed by atoms with Gasteiger partial charge in [0.25, 0.3) is 10.0 Å². The van der Waals surface area contributed by atoms with Crippen LogP contribution in [0.2, 0.25) is 0 Å². The molecule has 3 rings (SSSR count). The monoisotopic (exact) mass is 305 g/mol. The number of hydrogen-bond donors (Lipinski definition) is 1. The van der Waals surface area contributed by atoms with E-state index in [2.05, 4.69) is 21.8 Å². The highest BCUT2D eigenvalue weighted by molar-refractivity contribution is 7.92. The first-order valence-corrected chi connectivity index (χ1v) is 8.12. The summed E-state index contributed by atoms with van der Waals surface area (Å²) in [6.45, 7) is 2.71. The van der Waals surface area contributed by atoms with E-state index in [1.165, 1.54) is 6.20 Å². The molecule has 2 heterocycles. The maximum absolute atomic E-state index is 12.3. The summed E-state index contributed by atoms with van der Waals surface area (Å²) in [6.07, 6.45) is 2.42. The van der Waals surface area contributed by atoms with E-state index in [4.69, 9.17) is 4.74 Å². The first kappa shape index (κ1) is 13.8. The summed E-state index contributed by atoms with van der Waals surface area (Å²) in [5.74, 6) is 1.19. The maximum atomic E-state index is 12.3. The van der Waals surface area contributed by atoms with Crippen molar-refractivity contribution in [3.05, 3.63) is 42.1 Å². The Bertz CT molecular complexity index is 747. The predicted molar refractivity (Wildman–Crippen MR) is 77.8 cm³/mol. The van der Waals surface area contributed by atoms with Crippen LogP contribution in [0, 0.1) is 0 Å². The topological polar surface area (TPSA) is 81.2 Å². The second-order valence-corrected chi connectivity index (χ2v) is 6.63. The van der Waals surface area contributed by atoms with Crippen molar-refractivity contribution in [2.75, 3.05) is 11.3 Å². The number of nitrogens with one attached hydrogen (secondary N) is 1. The smallest absolute Gasteiger partial charge is 0.263 e. The van der Waals surface area contributed by atoms with E-state index in [0.29, 0.717) is 18.3 Å². The van der Waals surface area contributed by atoms with Crippen LogP contribution in [0.3, 0.4) is 0 Å². The van der Waals surface area contributed by atoms with Crippen molar-refractivity contribution in [1.82, 2.24) is 10.2 Å². The number of ether oxygens (including phenoxy) is 1. The van der Waals surface area contributed by atoms with Crippen LogP contribution in [-0.2, 0) is 10.0 Å². The van der Waals surface area contributed by atoms with E-state index in [-0.39, 0.29) is 10.7 Å². The molecule has 0 unspecified atom stereocenters. The molecule has 1 N–H and O–H groups in total. The van der Waals surface area contributed by atoms with Gasteiger partial charge in [-0.2, -0.15) is 5.10 Å². The molecule has 1 aliphatic rings. The van der Waals surface area contributed by atoms with E-state index in [1.54, 1.807) is 24.3 Å². The van der Waals surface area contributed by atoms with E-state index < -0.39 is 10.0 Å². The summed E-state index contributed by atoms with van der Waals surface area (Å²) in [5, 5.41) is 7.36. The molecule has 0 saturated carbocycles. The summed E-state index contributed by atoms with van der Waals surface area (Å²) in [5.41, 5.74) is 1.04. The third kappa shape index (κ3) is 2.82. The summed E-state index contributed by atoms with van der Waals surface area (Å²) < 4.78 is 32.6. The summed E-state index contributed by atoms with van der Waals surface area (Å²) in [6, 6.07) is 8.11. The normalized spacial score (nSPS) is 17.7. The Balaban J connectivity index is 1.93. The molecule has 0 amide bonds. The Morgan fingerprint density at radius 1 is 1.33 bits per heavy atom. The van der Waals surface area contributed by atoms with Gasteiger partial charge in [-0.1, -0.05) is 13.0 Å². The highest BCUT2D eigenvalue weighted by Crippen LogP contribution is 2.35. The molecular weight excluding hydrogens is 290 g/mol. The van der Waals surface area contributed by atoms with Gasteiger partial charge in [-0.15, -0.1) is 5.10 Å². The largest absolute Gasteiger partial charge is 0.493 e. The van der Waals surface area contributed by atoms with Crippen molar-refractivity contribution in [2.24, 2.45) is 0 Å². The lowest BCUT2D eigenvalue weighted by atomic mass is 9.95. The molecule has 0 fully saturated rings. The molecule has 1 aromatic heterocycles. The van der Waals surface area contributed by atoms with E-state index in [1.807, 2.05) is 6.07 Å². The molecule has 21 heavy (non-hydrogen) atoms. The number of nitrogens with zero attached hydrogens (tertiary/aromatic N) is 2. The molecule has 0 radical (unpaired) electrons. The fourth-order valence-corrected chi connectivity index (χ4v) is 3.28. The van der Waals surface area contributed by atoms with Crippen LogP contribution in [-0.4, -0.2) is 25.2 Å². The molecule has 7 heteroatoms. The van der Waals surface area contributed by atoms with Crippen LogP contribution in [0.15, 0.2) is 41.4 Å². The number of hydrogen-bond acceptors (Lipinski definition) is 5. The van der Waals surface area contributed by atoms with Crippen LogP contribution < -0.4 is 9.46 Å². The van der Waals surface area contributed by atoms with Crippen LogP contribution in [0.5, 0.6) is 5.75 Å². The SMILES string of the molecule is C[C@H]1CCOc2cc(S(=O)(=O)Nc3cccnn3)ccc21. The van der Waals surface area contributed by atoms with Gasteiger partial charge in [-0.25, -0.2) is 8.42 Å². The highest BCUT2D eigenvalue weighted by atomic mass is 32.2.